The molecule has 1 saturated carbocycles. The summed E-state index contributed by atoms with van der Waals surface area (Å²) in [6.07, 6.45) is 5.84. The number of hydrogen-bond donors (Lipinski definition) is 2. The highest BCUT2D eigenvalue weighted by Gasteiger charge is 2.36. The third-order valence-corrected chi connectivity index (χ3v) is 5.26. The van der Waals surface area contributed by atoms with Crippen LogP contribution < -0.4 is 10.6 Å². The van der Waals surface area contributed by atoms with Crippen molar-refractivity contribution < 1.29 is 9.47 Å². The van der Waals surface area contributed by atoms with E-state index in [0.29, 0.717) is 12.0 Å². The third-order valence-electron chi connectivity index (χ3n) is 5.26. The molecule has 1 aromatic rings. The highest BCUT2D eigenvalue weighted by atomic mass is 16.5. The molecule has 8 nitrogen and oxygen atoms in total. The van der Waals surface area contributed by atoms with Crippen molar-refractivity contribution in [1.82, 2.24) is 25.4 Å². The van der Waals surface area contributed by atoms with Crippen LogP contribution in [0.25, 0.3) is 0 Å². The lowest BCUT2D eigenvalue weighted by molar-refractivity contribution is 0.0732. The van der Waals surface area contributed by atoms with Crippen LogP contribution in [0, 0.1) is 12.3 Å². The molecule has 1 heterocycles. The highest BCUT2D eigenvalue weighted by molar-refractivity contribution is 5.79. The van der Waals surface area contributed by atoms with Gasteiger partial charge >= 0.3 is 0 Å². The van der Waals surface area contributed by atoms with Crippen molar-refractivity contribution in [3.05, 3.63) is 11.6 Å². The first-order valence-electron chi connectivity index (χ1n) is 9.45. The van der Waals surface area contributed by atoms with E-state index in [1.807, 2.05) is 18.5 Å². The maximum Gasteiger partial charge on any atom is 0.191 e. The predicted molar refractivity (Wildman–Crippen MR) is 102 cm³/mol. The first kappa shape index (κ1) is 20.6. The lowest BCUT2D eigenvalue weighted by Crippen LogP contribution is -2.47. The topological polar surface area (TPSA) is 85.6 Å². The zero-order chi connectivity index (χ0) is 18.8. The minimum Gasteiger partial charge on any atom is -0.385 e. The van der Waals surface area contributed by atoms with Crippen molar-refractivity contribution in [2.75, 3.05) is 40.5 Å². The molecular formula is C18H34N6O2. The normalized spacial score (nSPS) is 16.4. The first-order valence-corrected chi connectivity index (χ1v) is 9.45. The van der Waals surface area contributed by atoms with Gasteiger partial charge in [0.05, 0.1) is 0 Å². The average molecular weight is 367 g/mol. The number of guanidine groups is 1. The first-order chi connectivity index (χ1) is 12.6. The van der Waals surface area contributed by atoms with Crippen LogP contribution in [0.3, 0.4) is 0 Å². The molecule has 2 rings (SSSR count). The Bertz CT molecular complexity index is 568. The maximum absolute atomic E-state index is 5.29. The number of nitrogens with zero attached hydrogens (tertiary/aromatic N) is 4. The van der Waals surface area contributed by atoms with Gasteiger partial charge in [0.15, 0.2) is 11.8 Å². The number of methoxy groups -OCH3 is 2. The van der Waals surface area contributed by atoms with Gasteiger partial charge in [0.25, 0.3) is 0 Å². The second-order valence-corrected chi connectivity index (χ2v) is 7.11. The Kier molecular flexibility index (Phi) is 8.31. The second kappa shape index (κ2) is 10.5. The van der Waals surface area contributed by atoms with E-state index < -0.39 is 0 Å². The van der Waals surface area contributed by atoms with Crippen LogP contribution in [0.1, 0.15) is 43.8 Å². The van der Waals surface area contributed by atoms with Gasteiger partial charge in [0, 0.05) is 47.6 Å². The van der Waals surface area contributed by atoms with E-state index in [9.17, 15) is 0 Å². The van der Waals surface area contributed by atoms with Gasteiger partial charge < -0.3 is 24.7 Å². The van der Waals surface area contributed by atoms with Gasteiger partial charge in [-0.3, -0.25) is 0 Å². The Balaban J connectivity index is 1.93. The quantitative estimate of drug-likeness (QED) is 0.350. The summed E-state index contributed by atoms with van der Waals surface area (Å²) in [5, 5.41) is 15.2. The Labute approximate surface area is 156 Å². The SMILES string of the molecule is COCCCNC(=NCc1nnc(C)n1C)NCC1(CCOC)CCC1. The van der Waals surface area contributed by atoms with Crippen molar-refractivity contribution in [3.8, 4) is 0 Å². The minimum atomic E-state index is 0.340. The summed E-state index contributed by atoms with van der Waals surface area (Å²) < 4.78 is 12.4. The number of hydrogen-bond acceptors (Lipinski definition) is 5. The molecule has 0 saturated heterocycles. The summed E-state index contributed by atoms with van der Waals surface area (Å²) in [6, 6.07) is 0. The molecule has 1 fully saturated rings. The van der Waals surface area contributed by atoms with E-state index in [1.165, 1.54) is 19.3 Å². The monoisotopic (exact) mass is 366 g/mol. The van der Waals surface area contributed by atoms with Gasteiger partial charge in [-0.15, -0.1) is 10.2 Å². The van der Waals surface area contributed by atoms with Gasteiger partial charge in [-0.05, 0) is 38.0 Å². The number of ether oxygens (including phenoxy) is 2. The molecule has 26 heavy (non-hydrogen) atoms. The lowest BCUT2D eigenvalue weighted by Gasteiger charge is -2.42. The Morgan fingerprint density at radius 1 is 1.19 bits per heavy atom. The van der Waals surface area contributed by atoms with E-state index in [4.69, 9.17) is 14.5 Å². The largest absolute Gasteiger partial charge is 0.385 e. The zero-order valence-corrected chi connectivity index (χ0v) is 16.7. The molecular weight excluding hydrogens is 332 g/mol. The van der Waals surface area contributed by atoms with Crippen LogP contribution in [0.15, 0.2) is 4.99 Å². The minimum absolute atomic E-state index is 0.340. The molecule has 0 amide bonds. The predicted octanol–water partition coefficient (Wildman–Crippen LogP) is 1.40. The second-order valence-electron chi connectivity index (χ2n) is 7.11. The van der Waals surface area contributed by atoms with Crippen molar-refractivity contribution in [2.24, 2.45) is 17.5 Å². The van der Waals surface area contributed by atoms with E-state index in [1.54, 1.807) is 14.2 Å². The van der Waals surface area contributed by atoms with Crippen LogP contribution >= 0.6 is 0 Å². The molecule has 0 aromatic carbocycles. The smallest absolute Gasteiger partial charge is 0.191 e. The fourth-order valence-electron chi connectivity index (χ4n) is 3.12. The van der Waals surface area contributed by atoms with Crippen molar-refractivity contribution in [3.63, 3.8) is 0 Å². The molecule has 148 valence electrons. The van der Waals surface area contributed by atoms with Gasteiger partial charge in [-0.25, -0.2) is 4.99 Å². The van der Waals surface area contributed by atoms with Gasteiger partial charge in [0.2, 0.25) is 0 Å². The van der Waals surface area contributed by atoms with Crippen LogP contribution in [-0.4, -0.2) is 61.2 Å². The fourth-order valence-corrected chi connectivity index (χ4v) is 3.12. The third kappa shape index (κ3) is 5.95. The zero-order valence-electron chi connectivity index (χ0n) is 16.7. The van der Waals surface area contributed by atoms with Crippen molar-refractivity contribution in [2.45, 2.75) is 45.6 Å². The van der Waals surface area contributed by atoms with E-state index in [2.05, 4.69) is 20.8 Å². The van der Waals surface area contributed by atoms with Crippen LogP contribution in [0.5, 0.6) is 0 Å². The summed E-state index contributed by atoms with van der Waals surface area (Å²) in [7, 11) is 5.46. The van der Waals surface area contributed by atoms with Gasteiger partial charge in [-0.1, -0.05) is 6.42 Å². The lowest BCUT2D eigenvalue weighted by atomic mass is 9.67. The Hall–Kier alpha value is -1.67. The average Bonchev–Trinajstić information content (AvgIpc) is 2.93. The number of aliphatic imine (C=N–C) groups is 1. The molecule has 0 atom stereocenters. The molecule has 1 aromatic heterocycles. The van der Waals surface area contributed by atoms with Crippen LogP contribution in [0.4, 0.5) is 0 Å². The van der Waals surface area contributed by atoms with E-state index in [0.717, 1.165) is 56.8 Å². The van der Waals surface area contributed by atoms with Crippen LogP contribution in [-0.2, 0) is 23.1 Å². The summed E-state index contributed by atoms with van der Waals surface area (Å²) in [5.41, 5.74) is 0.340. The number of aromatic nitrogens is 3. The standard InChI is InChI=1S/C18H34N6O2/c1-15-22-23-16(24(15)2)13-20-17(19-10-6-11-25-3)21-14-18(7-5-8-18)9-12-26-4/h5-14H2,1-4H3,(H2,19,20,21). The molecule has 0 bridgehead atoms. The molecule has 0 unspecified atom stereocenters. The van der Waals surface area contributed by atoms with Crippen molar-refractivity contribution >= 4 is 5.96 Å². The van der Waals surface area contributed by atoms with Crippen molar-refractivity contribution in [1.29, 1.82) is 0 Å². The summed E-state index contributed by atoms with van der Waals surface area (Å²) in [5.74, 6) is 2.58. The van der Waals surface area contributed by atoms with Crippen LogP contribution in [0.2, 0.25) is 0 Å². The van der Waals surface area contributed by atoms with E-state index in [-0.39, 0.29) is 0 Å². The molecule has 1 aliphatic rings. The number of nitrogens with one attached hydrogen (secondary N) is 2. The van der Waals surface area contributed by atoms with Gasteiger partial charge in [0.1, 0.15) is 12.4 Å². The molecule has 0 aliphatic heterocycles. The number of rotatable bonds is 11. The number of aryl methyl sites for hydroxylation is 1. The van der Waals surface area contributed by atoms with E-state index >= 15 is 0 Å². The summed E-state index contributed by atoms with van der Waals surface area (Å²) >= 11 is 0. The summed E-state index contributed by atoms with van der Waals surface area (Å²) in [6.45, 7) is 5.74. The molecule has 2 N–H and O–H groups in total. The molecule has 1 aliphatic carbocycles. The fraction of sp³-hybridized carbons (Fsp3) is 0.833. The Morgan fingerprint density at radius 3 is 2.54 bits per heavy atom. The molecule has 0 spiro atoms. The maximum atomic E-state index is 5.29. The highest BCUT2D eigenvalue weighted by Crippen LogP contribution is 2.43. The van der Waals surface area contributed by atoms with Gasteiger partial charge in [-0.2, -0.15) is 0 Å². The Morgan fingerprint density at radius 2 is 1.96 bits per heavy atom. The molecule has 0 radical (unpaired) electrons. The molecule has 8 heteroatoms. The summed E-state index contributed by atoms with van der Waals surface area (Å²) in [4.78, 5) is 4.71.